The Morgan fingerprint density at radius 1 is 0.889 bits per heavy atom. The van der Waals surface area contributed by atoms with Gasteiger partial charge in [0, 0.05) is 29.9 Å². The lowest BCUT2D eigenvalue weighted by Crippen LogP contribution is -2.12. The number of aromatic nitrogens is 1. The van der Waals surface area contributed by atoms with Crippen molar-refractivity contribution in [3.05, 3.63) is 77.5 Å². The fraction of sp³-hybridized carbons (Fsp3) is 0.136. The second-order valence-electron chi connectivity index (χ2n) is 6.41. The van der Waals surface area contributed by atoms with Gasteiger partial charge in [0.15, 0.2) is 0 Å². The molecule has 2 amide bonds. The zero-order valence-corrected chi connectivity index (χ0v) is 15.5. The lowest BCUT2D eigenvalue weighted by atomic mass is 10.1. The summed E-state index contributed by atoms with van der Waals surface area (Å²) in [6.07, 6.45) is 1.67. The van der Waals surface area contributed by atoms with E-state index in [1.54, 1.807) is 30.5 Å². The molecule has 0 saturated carbocycles. The molecule has 0 unspecified atom stereocenters. The van der Waals surface area contributed by atoms with Crippen LogP contribution in [0.2, 0.25) is 0 Å². The van der Waals surface area contributed by atoms with Crippen molar-refractivity contribution >= 4 is 23.2 Å². The average molecular weight is 359 g/mol. The average Bonchev–Trinajstić information content (AvgIpc) is 2.65. The van der Waals surface area contributed by atoms with Crippen molar-refractivity contribution in [1.29, 1.82) is 0 Å². The fourth-order valence-corrected chi connectivity index (χ4v) is 2.73. The van der Waals surface area contributed by atoms with Crippen LogP contribution < -0.4 is 10.6 Å². The lowest BCUT2D eigenvalue weighted by molar-refractivity contribution is -0.114. The van der Waals surface area contributed by atoms with Crippen molar-refractivity contribution in [2.75, 3.05) is 10.6 Å². The molecule has 0 radical (unpaired) electrons. The Kier molecular flexibility index (Phi) is 5.31. The Labute approximate surface area is 158 Å². The van der Waals surface area contributed by atoms with Crippen LogP contribution in [0.15, 0.2) is 60.8 Å². The molecule has 1 aromatic heterocycles. The minimum absolute atomic E-state index is 0.159. The first-order valence-electron chi connectivity index (χ1n) is 8.65. The number of benzene rings is 2. The number of hydrogen-bond donors (Lipinski definition) is 2. The summed E-state index contributed by atoms with van der Waals surface area (Å²) in [4.78, 5) is 28.2. The van der Waals surface area contributed by atoms with Crippen LogP contribution >= 0.6 is 0 Å². The third-order valence-electron chi connectivity index (χ3n) is 4.30. The molecule has 27 heavy (non-hydrogen) atoms. The molecule has 3 rings (SSSR count). The molecule has 0 spiro atoms. The first-order valence-corrected chi connectivity index (χ1v) is 8.65. The van der Waals surface area contributed by atoms with Crippen LogP contribution in [0, 0.1) is 13.8 Å². The van der Waals surface area contributed by atoms with Crippen molar-refractivity contribution in [2.24, 2.45) is 0 Å². The highest BCUT2D eigenvalue weighted by molar-refractivity contribution is 6.04. The van der Waals surface area contributed by atoms with E-state index in [1.165, 1.54) is 12.5 Å². The standard InChI is InChI=1S/C22H21N3O2/c1-14-6-11-19(13-15(14)2)25-22(27)18-9-7-17(8-10-18)21-20(24-16(3)26)5-4-12-23-21/h4-13H,1-3H3,(H,24,26)(H,25,27). The molecule has 3 aromatic rings. The Morgan fingerprint density at radius 3 is 2.30 bits per heavy atom. The SMILES string of the molecule is CC(=O)Nc1cccnc1-c1ccc(C(=O)Nc2ccc(C)c(C)c2)cc1. The normalized spacial score (nSPS) is 10.3. The predicted octanol–water partition coefficient (Wildman–Crippen LogP) is 4.58. The lowest BCUT2D eigenvalue weighted by Gasteiger charge is -2.10. The molecule has 0 aliphatic carbocycles. The maximum absolute atomic E-state index is 12.5. The van der Waals surface area contributed by atoms with Crippen LogP contribution in [0.5, 0.6) is 0 Å². The zero-order chi connectivity index (χ0) is 19.4. The number of hydrogen-bond acceptors (Lipinski definition) is 3. The smallest absolute Gasteiger partial charge is 0.255 e. The summed E-state index contributed by atoms with van der Waals surface area (Å²) >= 11 is 0. The van der Waals surface area contributed by atoms with Gasteiger partial charge in [-0.2, -0.15) is 0 Å². The van der Waals surface area contributed by atoms with Gasteiger partial charge in [-0.3, -0.25) is 14.6 Å². The molecule has 5 nitrogen and oxygen atoms in total. The fourth-order valence-electron chi connectivity index (χ4n) is 2.73. The van der Waals surface area contributed by atoms with E-state index in [1.807, 2.05) is 44.2 Å². The first-order chi connectivity index (χ1) is 12.9. The van der Waals surface area contributed by atoms with E-state index in [-0.39, 0.29) is 11.8 Å². The van der Waals surface area contributed by atoms with Crippen LogP contribution in [0.4, 0.5) is 11.4 Å². The maximum atomic E-state index is 12.5. The number of carbonyl (C=O) groups excluding carboxylic acids is 2. The Balaban J connectivity index is 1.80. The highest BCUT2D eigenvalue weighted by atomic mass is 16.2. The van der Waals surface area contributed by atoms with E-state index in [2.05, 4.69) is 15.6 Å². The van der Waals surface area contributed by atoms with Crippen molar-refractivity contribution in [1.82, 2.24) is 4.98 Å². The van der Waals surface area contributed by atoms with Crippen molar-refractivity contribution in [3.8, 4) is 11.3 Å². The number of nitrogens with one attached hydrogen (secondary N) is 2. The second kappa shape index (κ2) is 7.83. The number of nitrogens with zero attached hydrogens (tertiary/aromatic N) is 1. The highest BCUT2D eigenvalue weighted by Crippen LogP contribution is 2.26. The highest BCUT2D eigenvalue weighted by Gasteiger charge is 2.10. The van der Waals surface area contributed by atoms with Gasteiger partial charge in [-0.05, 0) is 61.4 Å². The molecule has 136 valence electrons. The van der Waals surface area contributed by atoms with Crippen molar-refractivity contribution < 1.29 is 9.59 Å². The predicted molar refractivity (Wildman–Crippen MR) is 108 cm³/mol. The quantitative estimate of drug-likeness (QED) is 0.716. The summed E-state index contributed by atoms with van der Waals surface area (Å²) in [6, 6.07) is 16.5. The van der Waals surface area contributed by atoms with Gasteiger partial charge < -0.3 is 10.6 Å². The number of rotatable bonds is 4. The third kappa shape index (κ3) is 4.39. The van der Waals surface area contributed by atoms with Crippen LogP contribution in [0.25, 0.3) is 11.3 Å². The number of anilines is 2. The van der Waals surface area contributed by atoms with E-state index in [0.717, 1.165) is 16.8 Å². The van der Waals surface area contributed by atoms with Gasteiger partial charge in [0.25, 0.3) is 5.91 Å². The minimum atomic E-state index is -0.173. The Hall–Kier alpha value is -3.47. The molecule has 0 bridgehead atoms. The van der Waals surface area contributed by atoms with Crippen LogP contribution in [-0.4, -0.2) is 16.8 Å². The summed E-state index contributed by atoms with van der Waals surface area (Å²) in [5.74, 6) is -0.332. The van der Waals surface area contributed by atoms with E-state index < -0.39 is 0 Å². The van der Waals surface area contributed by atoms with Crippen LogP contribution in [0.1, 0.15) is 28.4 Å². The summed E-state index contributed by atoms with van der Waals surface area (Å²) in [7, 11) is 0. The van der Waals surface area contributed by atoms with E-state index in [9.17, 15) is 9.59 Å². The van der Waals surface area contributed by atoms with Gasteiger partial charge in [0.2, 0.25) is 5.91 Å². The maximum Gasteiger partial charge on any atom is 0.255 e. The van der Waals surface area contributed by atoms with Gasteiger partial charge in [-0.25, -0.2) is 0 Å². The van der Waals surface area contributed by atoms with Gasteiger partial charge >= 0.3 is 0 Å². The van der Waals surface area contributed by atoms with E-state index in [4.69, 9.17) is 0 Å². The number of pyridine rings is 1. The van der Waals surface area contributed by atoms with Crippen LogP contribution in [-0.2, 0) is 4.79 Å². The van der Waals surface area contributed by atoms with Crippen molar-refractivity contribution in [2.45, 2.75) is 20.8 Å². The summed E-state index contributed by atoms with van der Waals surface area (Å²) < 4.78 is 0. The van der Waals surface area contributed by atoms with Crippen molar-refractivity contribution in [3.63, 3.8) is 0 Å². The number of amides is 2. The monoisotopic (exact) mass is 359 g/mol. The third-order valence-corrected chi connectivity index (χ3v) is 4.30. The second-order valence-corrected chi connectivity index (χ2v) is 6.41. The molecule has 2 N–H and O–H groups in total. The summed E-state index contributed by atoms with van der Waals surface area (Å²) in [5, 5.41) is 5.68. The topological polar surface area (TPSA) is 71.1 Å². The number of carbonyl (C=O) groups is 2. The van der Waals surface area contributed by atoms with Gasteiger partial charge in [0.05, 0.1) is 11.4 Å². The minimum Gasteiger partial charge on any atom is -0.324 e. The van der Waals surface area contributed by atoms with Gasteiger partial charge in [-0.1, -0.05) is 18.2 Å². The molecule has 0 atom stereocenters. The molecular weight excluding hydrogens is 338 g/mol. The molecule has 0 fully saturated rings. The summed E-state index contributed by atoms with van der Waals surface area (Å²) in [6.45, 7) is 5.50. The van der Waals surface area contributed by atoms with E-state index in [0.29, 0.717) is 16.9 Å². The molecule has 0 aliphatic heterocycles. The zero-order valence-electron chi connectivity index (χ0n) is 15.5. The number of aryl methyl sites for hydroxylation is 2. The van der Waals surface area contributed by atoms with Gasteiger partial charge in [-0.15, -0.1) is 0 Å². The Bertz CT molecular complexity index is 995. The van der Waals surface area contributed by atoms with E-state index >= 15 is 0 Å². The first kappa shape index (κ1) is 18.3. The van der Waals surface area contributed by atoms with Gasteiger partial charge in [0.1, 0.15) is 0 Å². The largest absolute Gasteiger partial charge is 0.324 e. The molecule has 5 heteroatoms. The molecule has 1 heterocycles. The molecule has 0 aliphatic rings. The molecule has 2 aromatic carbocycles. The summed E-state index contributed by atoms with van der Waals surface area (Å²) in [5.41, 5.74) is 5.75. The molecule has 0 saturated heterocycles. The van der Waals surface area contributed by atoms with Crippen LogP contribution in [0.3, 0.4) is 0 Å². The Morgan fingerprint density at radius 2 is 1.63 bits per heavy atom. The molecular formula is C22H21N3O2.